The molecule has 4 nitrogen and oxygen atoms in total. The second-order valence-electron chi connectivity index (χ2n) is 5.34. The predicted octanol–water partition coefficient (Wildman–Crippen LogP) is 3.08. The van der Waals surface area contributed by atoms with Gasteiger partial charge in [-0.3, -0.25) is 4.79 Å². The van der Waals surface area contributed by atoms with Crippen molar-refractivity contribution in [3.8, 4) is 0 Å². The van der Waals surface area contributed by atoms with Gasteiger partial charge in [-0.25, -0.2) is 4.98 Å². The highest BCUT2D eigenvalue weighted by molar-refractivity contribution is 7.18. The quantitative estimate of drug-likeness (QED) is 0.913. The fraction of sp³-hybridized carbons (Fsp3) is 0.467. The van der Waals surface area contributed by atoms with Crippen molar-refractivity contribution in [2.75, 3.05) is 11.9 Å². The van der Waals surface area contributed by atoms with E-state index >= 15 is 0 Å². The number of carbonyl (C=O) groups excluding carboxylic acids is 1. The van der Waals surface area contributed by atoms with Gasteiger partial charge in [0.2, 0.25) is 5.91 Å². The van der Waals surface area contributed by atoms with Crippen LogP contribution >= 0.6 is 11.3 Å². The maximum Gasteiger partial charge on any atom is 0.244 e. The Morgan fingerprint density at radius 3 is 3.10 bits per heavy atom. The van der Waals surface area contributed by atoms with Gasteiger partial charge >= 0.3 is 0 Å². The molecule has 1 saturated heterocycles. The second-order valence-corrected chi connectivity index (χ2v) is 6.57. The van der Waals surface area contributed by atoms with Gasteiger partial charge in [0.15, 0.2) is 0 Å². The summed E-state index contributed by atoms with van der Waals surface area (Å²) < 4.78 is 1.12. The number of benzene rings is 1. The van der Waals surface area contributed by atoms with Crippen LogP contribution < -0.4 is 10.6 Å². The Morgan fingerprint density at radius 1 is 1.55 bits per heavy atom. The summed E-state index contributed by atoms with van der Waals surface area (Å²) in [6, 6.07) is 5.91. The van der Waals surface area contributed by atoms with Crippen LogP contribution in [-0.2, 0) is 4.79 Å². The number of hydrogen-bond donors (Lipinski definition) is 2. The number of nitrogens with one attached hydrogen (secondary N) is 2. The van der Waals surface area contributed by atoms with E-state index < -0.39 is 5.54 Å². The molecule has 1 atom stereocenters. The number of amides is 1. The summed E-state index contributed by atoms with van der Waals surface area (Å²) in [6.45, 7) is 4.99. The highest BCUT2D eigenvalue weighted by atomic mass is 32.1. The molecule has 3 rings (SSSR count). The molecule has 0 aliphatic carbocycles. The molecule has 1 fully saturated rings. The monoisotopic (exact) mass is 289 g/mol. The van der Waals surface area contributed by atoms with Crippen LogP contribution in [-0.4, -0.2) is 23.0 Å². The lowest BCUT2D eigenvalue weighted by atomic mass is 9.93. The number of nitrogens with zero attached hydrogens (tertiary/aromatic N) is 1. The molecule has 20 heavy (non-hydrogen) atoms. The summed E-state index contributed by atoms with van der Waals surface area (Å²) in [6.07, 6.45) is 2.80. The van der Waals surface area contributed by atoms with Crippen LogP contribution in [0.1, 0.15) is 31.2 Å². The zero-order valence-corrected chi connectivity index (χ0v) is 12.6. The number of aromatic nitrogens is 1. The highest BCUT2D eigenvalue weighted by Gasteiger charge is 2.39. The summed E-state index contributed by atoms with van der Waals surface area (Å²) >= 11 is 1.65. The van der Waals surface area contributed by atoms with Crippen molar-refractivity contribution in [2.45, 2.75) is 38.6 Å². The van der Waals surface area contributed by atoms with Gasteiger partial charge in [0.25, 0.3) is 0 Å². The van der Waals surface area contributed by atoms with Crippen molar-refractivity contribution in [3.05, 3.63) is 23.2 Å². The van der Waals surface area contributed by atoms with Crippen LogP contribution in [0.5, 0.6) is 0 Å². The van der Waals surface area contributed by atoms with E-state index in [9.17, 15) is 4.79 Å². The normalized spacial score (nSPS) is 22.3. The Morgan fingerprint density at radius 2 is 2.40 bits per heavy atom. The molecule has 1 aromatic heterocycles. The molecular formula is C15H19N3OS. The van der Waals surface area contributed by atoms with Crippen LogP contribution in [0.3, 0.4) is 0 Å². The zero-order chi connectivity index (χ0) is 14.2. The van der Waals surface area contributed by atoms with E-state index in [2.05, 4.69) is 22.5 Å². The molecule has 2 aromatic rings. The van der Waals surface area contributed by atoms with Crippen molar-refractivity contribution in [1.29, 1.82) is 0 Å². The number of hydrogen-bond acceptors (Lipinski definition) is 4. The average molecular weight is 289 g/mol. The van der Waals surface area contributed by atoms with Crippen molar-refractivity contribution >= 4 is 33.1 Å². The minimum absolute atomic E-state index is 0.0816. The lowest BCUT2D eigenvalue weighted by Crippen LogP contribution is -2.50. The molecule has 1 amide bonds. The van der Waals surface area contributed by atoms with E-state index in [1.165, 1.54) is 0 Å². The molecule has 1 aliphatic heterocycles. The number of carbonyl (C=O) groups is 1. The Bertz CT molecular complexity index is 644. The maximum absolute atomic E-state index is 12.5. The smallest absolute Gasteiger partial charge is 0.244 e. The van der Waals surface area contributed by atoms with Gasteiger partial charge in [0.1, 0.15) is 0 Å². The minimum atomic E-state index is -0.390. The van der Waals surface area contributed by atoms with Gasteiger partial charge in [-0.05, 0) is 50.9 Å². The first-order chi connectivity index (χ1) is 9.63. The molecule has 2 N–H and O–H groups in total. The summed E-state index contributed by atoms with van der Waals surface area (Å²) in [5.74, 6) is 0.0816. The van der Waals surface area contributed by atoms with Crippen LogP contribution in [0.4, 0.5) is 5.69 Å². The Kier molecular flexibility index (Phi) is 3.48. The van der Waals surface area contributed by atoms with Gasteiger partial charge in [-0.2, -0.15) is 0 Å². The topological polar surface area (TPSA) is 54.0 Å². The second kappa shape index (κ2) is 5.14. The molecule has 1 aromatic carbocycles. The lowest BCUT2D eigenvalue weighted by Gasteiger charge is -2.26. The van der Waals surface area contributed by atoms with Gasteiger partial charge in [-0.15, -0.1) is 11.3 Å². The molecule has 1 unspecified atom stereocenters. The fourth-order valence-electron chi connectivity index (χ4n) is 2.83. The summed E-state index contributed by atoms with van der Waals surface area (Å²) in [7, 11) is 0. The summed E-state index contributed by atoms with van der Waals surface area (Å²) in [5, 5.41) is 7.46. The number of rotatable bonds is 3. The molecule has 5 heteroatoms. The molecule has 1 aliphatic rings. The SMILES string of the molecule is CCC1(C(=O)Nc2ccc3nc(C)sc3c2)CCCN1. The van der Waals surface area contributed by atoms with Crippen molar-refractivity contribution in [3.63, 3.8) is 0 Å². The molecular weight excluding hydrogens is 270 g/mol. The van der Waals surface area contributed by atoms with Crippen molar-refractivity contribution < 1.29 is 4.79 Å². The fourth-order valence-corrected chi connectivity index (χ4v) is 3.70. The van der Waals surface area contributed by atoms with Crippen LogP contribution in [0.25, 0.3) is 10.2 Å². The van der Waals surface area contributed by atoms with Crippen LogP contribution in [0, 0.1) is 6.92 Å². The maximum atomic E-state index is 12.5. The Balaban J connectivity index is 1.83. The van der Waals surface area contributed by atoms with E-state index in [0.29, 0.717) is 0 Å². The van der Waals surface area contributed by atoms with Gasteiger partial charge in [0.05, 0.1) is 20.8 Å². The van der Waals surface area contributed by atoms with Crippen molar-refractivity contribution in [2.24, 2.45) is 0 Å². The Labute approximate surface area is 122 Å². The zero-order valence-electron chi connectivity index (χ0n) is 11.8. The summed E-state index contributed by atoms with van der Waals surface area (Å²) in [5.41, 5.74) is 1.46. The third kappa shape index (κ3) is 2.31. The molecule has 106 valence electrons. The predicted molar refractivity (Wildman–Crippen MR) is 83.2 cm³/mol. The lowest BCUT2D eigenvalue weighted by molar-refractivity contribution is -0.122. The van der Waals surface area contributed by atoms with Gasteiger partial charge in [0, 0.05) is 5.69 Å². The van der Waals surface area contributed by atoms with Crippen molar-refractivity contribution in [1.82, 2.24) is 10.3 Å². The number of thiazole rings is 1. The molecule has 0 bridgehead atoms. The first kappa shape index (κ1) is 13.5. The minimum Gasteiger partial charge on any atom is -0.324 e. The molecule has 2 heterocycles. The van der Waals surface area contributed by atoms with E-state index in [1.807, 2.05) is 25.1 Å². The van der Waals surface area contributed by atoms with Crippen LogP contribution in [0.15, 0.2) is 18.2 Å². The first-order valence-corrected chi connectivity index (χ1v) is 7.88. The standard InChI is InChI=1S/C15H19N3OS/c1-3-15(7-4-8-16-15)14(19)18-11-5-6-12-13(9-11)20-10(2)17-12/h5-6,9,16H,3-4,7-8H2,1-2H3,(H,18,19). The third-order valence-corrected chi connectivity index (χ3v) is 4.97. The van der Waals surface area contributed by atoms with Gasteiger partial charge in [-0.1, -0.05) is 6.92 Å². The molecule has 0 radical (unpaired) electrons. The van der Waals surface area contributed by atoms with E-state index in [-0.39, 0.29) is 5.91 Å². The molecule has 0 saturated carbocycles. The Hall–Kier alpha value is -1.46. The number of aryl methyl sites for hydroxylation is 1. The van der Waals surface area contributed by atoms with Crippen LogP contribution in [0.2, 0.25) is 0 Å². The van der Waals surface area contributed by atoms with E-state index in [0.717, 1.165) is 46.7 Å². The van der Waals surface area contributed by atoms with Gasteiger partial charge < -0.3 is 10.6 Å². The average Bonchev–Trinajstić information content (AvgIpc) is 3.04. The summed E-state index contributed by atoms with van der Waals surface area (Å²) in [4.78, 5) is 17.0. The molecule has 0 spiro atoms. The number of fused-ring (bicyclic) bond motifs is 1. The highest BCUT2D eigenvalue weighted by Crippen LogP contribution is 2.27. The number of anilines is 1. The largest absolute Gasteiger partial charge is 0.324 e. The van der Waals surface area contributed by atoms with E-state index in [4.69, 9.17) is 0 Å². The first-order valence-electron chi connectivity index (χ1n) is 7.07. The third-order valence-electron chi connectivity index (χ3n) is 4.04. The van der Waals surface area contributed by atoms with E-state index in [1.54, 1.807) is 11.3 Å².